The lowest BCUT2D eigenvalue weighted by Gasteiger charge is -2.41. The lowest BCUT2D eigenvalue weighted by atomic mass is 9.76. The number of ether oxygens (including phenoxy) is 6. The fourth-order valence-electron chi connectivity index (χ4n) is 7.97. The van der Waals surface area contributed by atoms with Crippen LogP contribution in [0, 0.1) is 0 Å². The average Bonchev–Trinajstić information content (AvgIpc) is 3.12. The van der Waals surface area contributed by atoms with Gasteiger partial charge < -0.3 is 38.6 Å². The third-order valence-electron chi connectivity index (χ3n) is 10.6. The standard InChI is InChI=1S/C39H44N2O8/c1-40-15-13-24-25(19-32(46-5)39(48-7)35(24)42)28(40)16-21-8-10-23(11-9-21)49-37-27-18-29-33-22(12-14-41(29)2)17-31(45-4)38(47-6)34(33)26(27)20-30(44-3)36(37)43/h8-11,17,19-20,28-29,42-43H,12-16,18H2,1-7H3/t28-,29-/m0/s1. The fourth-order valence-corrected chi connectivity index (χ4v) is 7.97. The number of rotatable bonds is 9. The van der Waals surface area contributed by atoms with E-state index in [9.17, 15) is 10.2 Å². The minimum atomic E-state index is -0.0426. The molecule has 0 amide bonds. The number of likely N-dealkylation sites (N-methyl/N-ethyl adjacent to an activating group) is 2. The van der Waals surface area contributed by atoms with E-state index in [4.69, 9.17) is 28.4 Å². The van der Waals surface area contributed by atoms with Crippen molar-refractivity contribution in [2.24, 2.45) is 0 Å². The van der Waals surface area contributed by atoms with Crippen LogP contribution in [0.25, 0.3) is 11.1 Å². The fraction of sp³-hybridized carbons (Fsp3) is 0.385. The number of methoxy groups -OCH3 is 5. The molecule has 0 radical (unpaired) electrons. The summed E-state index contributed by atoms with van der Waals surface area (Å²) in [5, 5.41) is 22.5. The Labute approximate surface area is 287 Å². The van der Waals surface area contributed by atoms with Gasteiger partial charge in [0, 0.05) is 41.9 Å². The van der Waals surface area contributed by atoms with Crippen molar-refractivity contribution < 1.29 is 38.6 Å². The van der Waals surface area contributed by atoms with Crippen LogP contribution in [0.1, 0.15) is 45.5 Å². The number of hydrogen-bond donors (Lipinski definition) is 2. The van der Waals surface area contributed by atoms with Gasteiger partial charge in [-0.25, -0.2) is 0 Å². The van der Waals surface area contributed by atoms with Gasteiger partial charge in [0.2, 0.25) is 11.5 Å². The summed E-state index contributed by atoms with van der Waals surface area (Å²) >= 11 is 0. The van der Waals surface area contributed by atoms with E-state index < -0.39 is 0 Å². The van der Waals surface area contributed by atoms with Crippen LogP contribution in [0.4, 0.5) is 0 Å². The van der Waals surface area contributed by atoms with E-state index >= 15 is 0 Å². The quantitative estimate of drug-likeness (QED) is 0.207. The van der Waals surface area contributed by atoms with Gasteiger partial charge in [0.05, 0.1) is 35.5 Å². The SMILES string of the molecule is COc1cc2c(c(Oc3ccc(C[C@H]4c5cc(OC)c(OC)c(O)c5CCN4C)cc3)c1O)C[C@H]1c3c(cc(OC)c(OC)c3-2)CCN1C. The molecule has 2 aliphatic heterocycles. The molecule has 10 heteroatoms. The third-order valence-corrected chi connectivity index (χ3v) is 10.6. The summed E-state index contributed by atoms with van der Waals surface area (Å²) in [4.78, 5) is 4.65. The van der Waals surface area contributed by atoms with Gasteiger partial charge in [-0.2, -0.15) is 0 Å². The summed E-state index contributed by atoms with van der Waals surface area (Å²) in [6.07, 6.45) is 2.99. The first kappa shape index (κ1) is 32.7. The maximum atomic E-state index is 11.5. The monoisotopic (exact) mass is 668 g/mol. The average molecular weight is 669 g/mol. The van der Waals surface area contributed by atoms with Crippen molar-refractivity contribution in [1.82, 2.24) is 9.80 Å². The highest BCUT2D eigenvalue weighted by Crippen LogP contribution is 2.57. The van der Waals surface area contributed by atoms with Gasteiger partial charge in [0.15, 0.2) is 34.5 Å². The lowest BCUT2D eigenvalue weighted by molar-refractivity contribution is 0.224. The highest BCUT2D eigenvalue weighted by atomic mass is 16.5. The molecule has 0 fully saturated rings. The third kappa shape index (κ3) is 5.34. The Bertz CT molecular complexity index is 1910. The van der Waals surface area contributed by atoms with E-state index in [0.29, 0.717) is 53.1 Å². The molecule has 1 aliphatic carbocycles. The number of phenols is 2. The zero-order chi connectivity index (χ0) is 34.6. The van der Waals surface area contributed by atoms with Gasteiger partial charge in [-0.1, -0.05) is 12.1 Å². The van der Waals surface area contributed by atoms with Crippen LogP contribution in [0.5, 0.6) is 51.7 Å². The molecule has 258 valence electrons. The Balaban J connectivity index is 1.25. The van der Waals surface area contributed by atoms with Crippen molar-refractivity contribution in [2.45, 2.75) is 37.8 Å². The number of aromatic hydroxyl groups is 2. The Morgan fingerprint density at radius 2 is 1.37 bits per heavy atom. The zero-order valence-corrected chi connectivity index (χ0v) is 29.2. The topological polar surface area (TPSA) is 102 Å². The molecule has 2 atom stereocenters. The van der Waals surface area contributed by atoms with Gasteiger partial charge in [-0.05, 0) is 97.9 Å². The highest BCUT2D eigenvalue weighted by molar-refractivity contribution is 5.87. The molecule has 0 saturated heterocycles. The lowest BCUT2D eigenvalue weighted by Crippen LogP contribution is -2.35. The summed E-state index contributed by atoms with van der Waals surface area (Å²) in [5.41, 5.74) is 8.22. The molecule has 4 aromatic carbocycles. The summed E-state index contributed by atoms with van der Waals surface area (Å²) in [5.74, 6) is 3.60. The van der Waals surface area contributed by atoms with Gasteiger partial charge in [-0.15, -0.1) is 0 Å². The molecular weight excluding hydrogens is 624 g/mol. The summed E-state index contributed by atoms with van der Waals surface area (Å²) in [6.45, 7) is 1.71. The molecule has 0 bridgehead atoms. The first-order valence-corrected chi connectivity index (χ1v) is 16.6. The van der Waals surface area contributed by atoms with Crippen LogP contribution in [0.15, 0.2) is 42.5 Å². The van der Waals surface area contributed by atoms with Crippen LogP contribution in [0.3, 0.4) is 0 Å². The predicted molar refractivity (Wildman–Crippen MR) is 186 cm³/mol. The summed E-state index contributed by atoms with van der Waals surface area (Å²) in [6, 6.07) is 14.0. The van der Waals surface area contributed by atoms with Crippen molar-refractivity contribution in [3.05, 3.63) is 75.8 Å². The smallest absolute Gasteiger partial charge is 0.203 e. The number of fused-ring (bicyclic) bond motifs is 3. The summed E-state index contributed by atoms with van der Waals surface area (Å²) < 4.78 is 35.0. The molecule has 2 N–H and O–H groups in total. The number of hydrogen-bond acceptors (Lipinski definition) is 10. The van der Waals surface area contributed by atoms with E-state index in [-0.39, 0.29) is 23.6 Å². The van der Waals surface area contributed by atoms with Crippen LogP contribution in [-0.4, -0.2) is 82.7 Å². The molecule has 3 aliphatic rings. The Hall–Kier alpha value is -4.80. The van der Waals surface area contributed by atoms with Crippen LogP contribution in [-0.2, 0) is 25.7 Å². The number of phenolic OH excluding ortho intramolecular Hbond substituents is 2. The Morgan fingerprint density at radius 1 is 0.694 bits per heavy atom. The highest BCUT2D eigenvalue weighted by Gasteiger charge is 2.39. The van der Waals surface area contributed by atoms with Crippen molar-refractivity contribution >= 4 is 0 Å². The molecule has 7 rings (SSSR count). The molecule has 4 aromatic rings. The number of nitrogens with zero attached hydrogens (tertiary/aromatic N) is 2. The predicted octanol–water partition coefficient (Wildman–Crippen LogP) is 6.46. The van der Waals surface area contributed by atoms with Crippen molar-refractivity contribution in [2.75, 3.05) is 62.7 Å². The van der Waals surface area contributed by atoms with Crippen molar-refractivity contribution in [3.8, 4) is 62.9 Å². The Morgan fingerprint density at radius 3 is 2.04 bits per heavy atom. The maximum Gasteiger partial charge on any atom is 0.203 e. The molecule has 2 heterocycles. The first-order valence-electron chi connectivity index (χ1n) is 16.6. The van der Waals surface area contributed by atoms with Gasteiger partial charge in [0.1, 0.15) is 5.75 Å². The van der Waals surface area contributed by atoms with Crippen LogP contribution in [0.2, 0.25) is 0 Å². The first-order chi connectivity index (χ1) is 23.7. The molecule has 0 saturated carbocycles. The van der Waals surface area contributed by atoms with E-state index in [2.05, 4.69) is 30.0 Å². The van der Waals surface area contributed by atoms with E-state index in [0.717, 1.165) is 59.3 Å². The van der Waals surface area contributed by atoms with Gasteiger partial charge in [-0.3, -0.25) is 9.80 Å². The zero-order valence-electron chi connectivity index (χ0n) is 29.2. The van der Waals surface area contributed by atoms with Crippen LogP contribution >= 0.6 is 0 Å². The minimum absolute atomic E-state index is 0.0279. The van der Waals surface area contributed by atoms with Gasteiger partial charge in [0.25, 0.3) is 0 Å². The largest absolute Gasteiger partial charge is 0.504 e. The second-order valence-corrected chi connectivity index (χ2v) is 13.0. The molecule has 0 unspecified atom stereocenters. The summed E-state index contributed by atoms with van der Waals surface area (Å²) in [7, 11) is 12.2. The normalized spacial score (nSPS) is 18.2. The second kappa shape index (κ2) is 12.9. The van der Waals surface area contributed by atoms with E-state index in [1.165, 1.54) is 18.2 Å². The number of benzene rings is 4. The van der Waals surface area contributed by atoms with Crippen LogP contribution < -0.4 is 28.4 Å². The molecular formula is C39H44N2O8. The van der Waals surface area contributed by atoms with E-state index in [1.54, 1.807) is 28.4 Å². The van der Waals surface area contributed by atoms with Gasteiger partial charge >= 0.3 is 0 Å². The van der Waals surface area contributed by atoms with Crippen molar-refractivity contribution in [1.29, 1.82) is 0 Å². The van der Waals surface area contributed by atoms with E-state index in [1.807, 2.05) is 36.4 Å². The second-order valence-electron chi connectivity index (χ2n) is 13.0. The molecule has 0 aromatic heterocycles. The minimum Gasteiger partial charge on any atom is -0.504 e. The molecule has 49 heavy (non-hydrogen) atoms. The Kier molecular flexibility index (Phi) is 8.62. The molecule has 0 spiro atoms. The van der Waals surface area contributed by atoms with Crippen molar-refractivity contribution in [3.63, 3.8) is 0 Å². The molecule has 10 nitrogen and oxygen atoms in total. The maximum absolute atomic E-state index is 11.5.